The summed E-state index contributed by atoms with van der Waals surface area (Å²) in [6, 6.07) is 9.39. The highest BCUT2D eigenvalue weighted by atomic mass is 14.2. The van der Waals surface area contributed by atoms with Crippen LogP contribution in [0, 0.1) is 0 Å². The van der Waals surface area contributed by atoms with E-state index < -0.39 is 0 Å². The van der Waals surface area contributed by atoms with E-state index in [1.165, 1.54) is 57.8 Å². The second-order valence-electron chi connectivity index (χ2n) is 5.54. The van der Waals surface area contributed by atoms with Gasteiger partial charge in [0.05, 0.1) is 0 Å². The summed E-state index contributed by atoms with van der Waals surface area (Å²) in [6.07, 6.45) is 12.5. The predicted molar refractivity (Wildman–Crippen MR) is 75.5 cm³/mol. The Labute approximate surface area is 106 Å². The lowest BCUT2D eigenvalue weighted by Crippen LogP contribution is -1.94. The van der Waals surface area contributed by atoms with Crippen molar-refractivity contribution in [2.75, 3.05) is 0 Å². The van der Waals surface area contributed by atoms with E-state index in [0.717, 1.165) is 5.92 Å². The smallest absolute Gasteiger partial charge is 0.0162 e. The lowest BCUT2D eigenvalue weighted by atomic mass is 9.94. The largest absolute Gasteiger partial charge is 0.0654 e. The van der Waals surface area contributed by atoms with Crippen LogP contribution in [0.4, 0.5) is 0 Å². The molecule has 1 aromatic carbocycles. The minimum absolute atomic E-state index is 0.866. The minimum atomic E-state index is 0.866. The van der Waals surface area contributed by atoms with Crippen molar-refractivity contribution in [2.45, 2.75) is 70.6 Å². The molecule has 0 saturated heterocycles. The Hall–Kier alpha value is -0.780. The Morgan fingerprint density at radius 1 is 1.06 bits per heavy atom. The Morgan fingerprint density at radius 2 is 1.88 bits per heavy atom. The molecule has 0 heterocycles. The van der Waals surface area contributed by atoms with E-state index in [1.54, 1.807) is 11.1 Å². The lowest BCUT2D eigenvalue weighted by molar-refractivity contribution is 0.665. The molecular formula is C17H26. The van der Waals surface area contributed by atoms with Crippen LogP contribution in [0.5, 0.6) is 0 Å². The van der Waals surface area contributed by atoms with E-state index in [2.05, 4.69) is 31.2 Å². The molecule has 0 nitrogen and oxygen atoms in total. The van der Waals surface area contributed by atoms with Crippen LogP contribution in [0.1, 0.15) is 75.3 Å². The third-order valence-electron chi connectivity index (χ3n) is 4.10. The molecular weight excluding hydrogens is 204 g/mol. The summed E-state index contributed by atoms with van der Waals surface area (Å²) in [5.74, 6) is 0.866. The number of benzene rings is 1. The summed E-state index contributed by atoms with van der Waals surface area (Å²) in [5.41, 5.74) is 3.17. The zero-order chi connectivity index (χ0) is 11.9. The molecule has 0 aromatic heterocycles. The first-order chi connectivity index (χ1) is 8.40. The number of aryl methyl sites for hydroxylation is 1. The number of hydrogen-bond acceptors (Lipinski definition) is 0. The molecule has 0 heteroatoms. The van der Waals surface area contributed by atoms with Crippen LogP contribution in [0.3, 0.4) is 0 Å². The summed E-state index contributed by atoms with van der Waals surface area (Å²) in [4.78, 5) is 0. The predicted octanol–water partition coefficient (Wildman–Crippen LogP) is 5.47. The first kappa shape index (κ1) is 12.7. The fraction of sp³-hybridized carbons (Fsp3) is 0.647. The molecule has 1 fully saturated rings. The third kappa shape index (κ3) is 3.87. The third-order valence-corrected chi connectivity index (χ3v) is 4.10. The van der Waals surface area contributed by atoms with Gasteiger partial charge in [-0.05, 0) is 42.7 Å². The Morgan fingerprint density at radius 3 is 2.65 bits per heavy atom. The Kier molecular flexibility index (Phi) is 5.09. The molecule has 2 rings (SSSR count). The average Bonchev–Trinajstić information content (AvgIpc) is 2.89. The fourth-order valence-corrected chi connectivity index (χ4v) is 3.02. The highest BCUT2D eigenvalue weighted by molar-refractivity contribution is 5.27. The van der Waals surface area contributed by atoms with Crippen molar-refractivity contribution >= 4 is 0 Å². The molecule has 0 radical (unpaired) electrons. The van der Waals surface area contributed by atoms with Crippen LogP contribution in [0.25, 0.3) is 0 Å². The van der Waals surface area contributed by atoms with Gasteiger partial charge in [0.25, 0.3) is 0 Å². The topological polar surface area (TPSA) is 0 Å². The second-order valence-corrected chi connectivity index (χ2v) is 5.54. The highest BCUT2D eigenvalue weighted by Crippen LogP contribution is 2.34. The normalized spacial score (nSPS) is 16.5. The standard InChI is InChI=1S/C17H26/c1-2-3-4-5-9-15-10-8-13-17(14-15)16-11-6-7-12-16/h8,10,13-14,16H,2-7,9,11-12H2,1H3. The Balaban J connectivity index is 1.87. The summed E-state index contributed by atoms with van der Waals surface area (Å²) in [7, 11) is 0. The van der Waals surface area contributed by atoms with Crippen LogP contribution < -0.4 is 0 Å². The van der Waals surface area contributed by atoms with E-state index in [1.807, 2.05) is 0 Å². The zero-order valence-corrected chi connectivity index (χ0v) is 11.3. The summed E-state index contributed by atoms with van der Waals surface area (Å²) in [5, 5.41) is 0. The quantitative estimate of drug-likeness (QED) is 0.569. The average molecular weight is 230 g/mol. The summed E-state index contributed by atoms with van der Waals surface area (Å²) < 4.78 is 0. The monoisotopic (exact) mass is 230 g/mol. The maximum absolute atomic E-state index is 2.47. The van der Waals surface area contributed by atoms with Crippen molar-refractivity contribution in [3.63, 3.8) is 0 Å². The molecule has 0 amide bonds. The van der Waals surface area contributed by atoms with Gasteiger partial charge in [-0.25, -0.2) is 0 Å². The first-order valence-electron chi connectivity index (χ1n) is 7.49. The molecule has 0 bridgehead atoms. The lowest BCUT2D eigenvalue weighted by Gasteiger charge is -2.11. The van der Waals surface area contributed by atoms with Gasteiger partial charge in [0, 0.05) is 0 Å². The van der Waals surface area contributed by atoms with E-state index in [4.69, 9.17) is 0 Å². The van der Waals surface area contributed by atoms with Crippen molar-refractivity contribution in [1.29, 1.82) is 0 Å². The van der Waals surface area contributed by atoms with Crippen LogP contribution in [0.15, 0.2) is 24.3 Å². The minimum Gasteiger partial charge on any atom is -0.0654 e. The van der Waals surface area contributed by atoms with Gasteiger partial charge >= 0.3 is 0 Å². The number of rotatable bonds is 6. The van der Waals surface area contributed by atoms with Gasteiger partial charge in [-0.3, -0.25) is 0 Å². The van der Waals surface area contributed by atoms with Gasteiger partial charge in [-0.15, -0.1) is 0 Å². The molecule has 0 N–H and O–H groups in total. The van der Waals surface area contributed by atoms with Crippen LogP contribution >= 0.6 is 0 Å². The molecule has 0 unspecified atom stereocenters. The van der Waals surface area contributed by atoms with Crippen molar-refractivity contribution in [2.24, 2.45) is 0 Å². The van der Waals surface area contributed by atoms with E-state index in [9.17, 15) is 0 Å². The second kappa shape index (κ2) is 6.83. The summed E-state index contributed by atoms with van der Waals surface area (Å²) >= 11 is 0. The number of unbranched alkanes of at least 4 members (excludes halogenated alkanes) is 3. The maximum atomic E-state index is 2.47. The van der Waals surface area contributed by atoms with Gasteiger partial charge in [0.2, 0.25) is 0 Å². The fourth-order valence-electron chi connectivity index (χ4n) is 3.02. The van der Waals surface area contributed by atoms with Crippen molar-refractivity contribution < 1.29 is 0 Å². The molecule has 1 saturated carbocycles. The molecule has 0 atom stereocenters. The number of hydrogen-bond donors (Lipinski definition) is 0. The van der Waals surface area contributed by atoms with Gasteiger partial charge in [0.1, 0.15) is 0 Å². The molecule has 1 aliphatic rings. The van der Waals surface area contributed by atoms with Crippen molar-refractivity contribution in [3.8, 4) is 0 Å². The SMILES string of the molecule is CCCCCCc1cccc(C2CCCC2)c1. The van der Waals surface area contributed by atoms with Crippen LogP contribution in [-0.4, -0.2) is 0 Å². The Bertz CT molecular complexity index is 321. The van der Waals surface area contributed by atoms with E-state index >= 15 is 0 Å². The molecule has 1 aromatic rings. The summed E-state index contributed by atoms with van der Waals surface area (Å²) in [6.45, 7) is 2.28. The van der Waals surface area contributed by atoms with Crippen molar-refractivity contribution in [1.82, 2.24) is 0 Å². The maximum Gasteiger partial charge on any atom is -0.0162 e. The highest BCUT2D eigenvalue weighted by Gasteiger charge is 2.16. The molecule has 17 heavy (non-hydrogen) atoms. The molecule has 1 aliphatic carbocycles. The molecule has 94 valence electrons. The van der Waals surface area contributed by atoms with Gasteiger partial charge < -0.3 is 0 Å². The van der Waals surface area contributed by atoms with E-state index in [0.29, 0.717) is 0 Å². The van der Waals surface area contributed by atoms with Gasteiger partial charge in [-0.1, -0.05) is 63.3 Å². The molecule has 0 spiro atoms. The first-order valence-corrected chi connectivity index (χ1v) is 7.49. The van der Waals surface area contributed by atoms with E-state index in [-0.39, 0.29) is 0 Å². The zero-order valence-electron chi connectivity index (χ0n) is 11.3. The van der Waals surface area contributed by atoms with Crippen molar-refractivity contribution in [3.05, 3.63) is 35.4 Å². The van der Waals surface area contributed by atoms with Gasteiger partial charge in [-0.2, -0.15) is 0 Å². The van der Waals surface area contributed by atoms with Gasteiger partial charge in [0.15, 0.2) is 0 Å². The van der Waals surface area contributed by atoms with Crippen LogP contribution in [-0.2, 0) is 6.42 Å². The van der Waals surface area contributed by atoms with Crippen LogP contribution in [0.2, 0.25) is 0 Å². The molecule has 0 aliphatic heterocycles.